The molecule has 2 saturated heterocycles. The van der Waals surface area contributed by atoms with Crippen molar-refractivity contribution in [3.8, 4) is 5.75 Å². The Balaban J connectivity index is 0.00000280. The molecule has 0 bridgehead atoms. The molecule has 1 spiro atoms. The second-order valence-electron chi connectivity index (χ2n) is 6.90. The van der Waals surface area contributed by atoms with E-state index in [-0.39, 0.29) is 24.1 Å². The standard InChI is InChI=1S/C19H23ClN2O5.ClH/c1-26-16-6-5-13(20)12-14(16)15(23)4-2-3-9-22-10-7-19(8-11-22)17(24)21-18(25)27-19;/h5-6,12H,2-4,7-11H2,1H3,(H,21,24,25);1H. The van der Waals surface area contributed by atoms with Crippen molar-refractivity contribution >= 4 is 41.8 Å². The minimum Gasteiger partial charge on any atom is -0.496 e. The third kappa shape index (κ3) is 4.96. The molecule has 0 aliphatic carbocycles. The quantitative estimate of drug-likeness (QED) is 0.527. The van der Waals surface area contributed by atoms with Gasteiger partial charge in [0.2, 0.25) is 0 Å². The summed E-state index contributed by atoms with van der Waals surface area (Å²) < 4.78 is 10.4. The van der Waals surface area contributed by atoms with Crippen LogP contribution in [0, 0.1) is 0 Å². The molecule has 1 aromatic carbocycles. The zero-order chi connectivity index (χ0) is 19.4. The minimum absolute atomic E-state index is 0. The molecular weight excluding hydrogens is 407 g/mol. The number of benzene rings is 1. The Morgan fingerprint density at radius 1 is 1.29 bits per heavy atom. The maximum absolute atomic E-state index is 12.4. The first-order valence-electron chi connectivity index (χ1n) is 9.07. The number of methoxy groups -OCH3 is 1. The summed E-state index contributed by atoms with van der Waals surface area (Å²) in [7, 11) is 1.53. The van der Waals surface area contributed by atoms with Gasteiger partial charge in [0.15, 0.2) is 11.4 Å². The lowest BCUT2D eigenvalue weighted by molar-refractivity contribution is -0.135. The van der Waals surface area contributed by atoms with E-state index in [0.29, 0.717) is 48.7 Å². The molecule has 2 amide bonds. The van der Waals surface area contributed by atoms with Gasteiger partial charge < -0.3 is 14.4 Å². The monoisotopic (exact) mass is 430 g/mol. The predicted molar refractivity (Wildman–Crippen MR) is 106 cm³/mol. The fraction of sp³-hybridized carbons (Fsp3) is 0.526. The number of carbonyl (C=O) groups excluding carboxylic acids is 3. The van der Waals surface area contributed by atoms with Gasteiger partial charge in [0.25, 0.3) is 5.91 Å². The number of imide groups is 1. The van der Waals surface area contributed by atoms with Crippen LogP contribution in [0.2, 0.25) is 5.02 Å². The number of Topliss-reactive ketones (excluding diaryl/α,β-unsaturated/α-hetero) is 1. The van der Waals surface area contributed by atoms with Crippen LogP contribution in [0.5, 0.6) is 5.75 Å². The van der Waals surface area contributed by atoms with Crippen LogP contribution in [0.1, 0.15) is 42.5 Å². The third-order valence-electron chi connectivity index (χ3n) is 5.17. The lowest BCUT2D eigenvalue weighted by Gasteiger charge is -2.35. The number of ether oxygens (including phenoxy) is 2. The molecule has 7 nitrogen and oxygen atoms in total. The Hall–Kier alpha value is -1.83. The highest BCUT2D eigenvalue weighted by Gasteiger charge is 2.50. The molecule has 0 saturated carbocycles. The Kier molecular flexibility index (Phi) is 7.69. The Morgan fingerprint density at radius 3 is 2.61 bits per heavy atom. The molecule has 1 N–H and O–H groups in total. The van der Waals surface area contributed by atoms with Crippen molar-refractivity contribution in [2.24, 2.45) is 0 Å². The molecule has 0 atom stereocenters. The van der Waals surface area contributed by atoms with Crippen LogP contribution >= 0.6 is 24.0 Å². The molecule has 0 aromatic heterocycles. The van der Waals surface area contributed by atoms with Gasteiger partial charge in [-0.25, -0.2) is 4.79 Å². The van der Waals surface area contributed by atoms with E-state index >= 15 is 0 Å². The van der Waals surface area contributed by atoms with Gasteiger partial charge >= 0.3 is 6.09 Å². The lowest BCUT2D eigenvalue weighted by Crippen LogP contribution is -2.49. The van der Waals surface area contributed by atoms with E-state index in [2.05, 4.69) is 10.2 Å². The zero-order valence-electron chi connectivity index (χ0n) is 15.7. The van der Waals surface area contributed by atoms with Gasteiger partial charge in [-0.15, -0.1) is 12.4 Å². The summed E-state index contributed by atoms with van der Waals surface area (Å²) in [5.41, 5.74) is -0.467. The summed E-state index contributed by atoms with van der Waals surface area (Å²) in [4.78, 5) is 37.8. The topological polar surface area (TPSA) is 84.9 Å². The highest BCUT2D eigenvalue weighted by molar-refractivity contribution is 6.31. The van der Waals surface area contributed by atoms with Crippen LogP contribution in [-0.2, 0) is 9.53 Å². The molecule has 28 heavy (non-hydrogen) atoms. The van der Waals surface area contributed by atoms with Gasteiger partial charge in [-0.05, 0) is 37.6 Å². The molecule has 2 fully saturated rings. The number of ketones is 1. The molecule has 2 aliphatic heterocycles. The smallest absolute Gasteiger partial charge is 0.415 e. The number of hydrogen-bond acceptors (Lipinski definition) is 6. The van der Waals surface area contributed by atoms with Crippen molar-refractivity contribution in [2.75, 3.05) is 26.7 Å². The highest BCUT2D eigenvalue weighted by atomic mass is 35.5. The number of halogens is 2. The summed E-state index contributed by atoms with van der Waals surface area (Å²) in [6.07, 6.45) is 2.41. The molecule has 0 radical (unpaired) electrons. The number of alkyl carbamates (subject to hydrolysis) is 1. The number of amides is 2. The summed E-state index contributed by atoms with van der Waals surface area (Å²) in [5, 5.41) is 2.72. The molecule has 2 heterocycles. The number of unbranched alkanes of at least 4 members (excludes halogenated alkanes) is 1. The minimum atomic E-state index is -0.979. The Morgan fingerprint density at radius 2 is 2.00 bits per heavy atom. The molecule has 9 heteroatoms. The predicted octanol–water partition coefficient (Wildman–Crippen LogP) is 3.22. The average molecular weight is 431 g/mol. The van der Waals surface area contributed by atoms with Crippen molar-refractivity contribution in [2.45, 2.75) is 37.7 Å². The van der Waals surface area contributed by atoms with Crippen molar-refractivity contribution < 1.29 is 23.9 Å². The second kappa shape index (κ2) is 9.58. The molecule has 154 valence electrons. The summed E-state index contributed by atoms with van der Waals surface area (Å²) in [5.74, 6) is 0.227. The van der Waals surface area contributed by atoms with E-state index in [1.54, 1.807) is 18.2 Å². The number of likely N-dealkylation sites (tertiary alicyclic amines) is 1. The molecule has 2 aliphatic rings. The van der Waals surface area contributed by atoms with Crippen molar-refractivity contribution in [1.29, 1.82) is 0 Å². The van der Waals surface area contributed by atoms with Gasteiger partial charge in [0, 0.05) is 37.4 Å². The summed E-state index contributed by atoms with van der Waals surface area (Å²) in [6, 6.07) is 5.04. The van der Waals surface area contributed by atoms with E-state index in [4.69, 9.17) is 21.1 Å². The first-order chi connectivity index (χ1) is 12.9. The first kappa shape index (κ1) is 22.5. The fourth-order valence-corrected chi connectivity index (χ4v) is 3.75. The first-order valence-corrected chi connectivity index (χ1v) is 9.45. The van der Waals surface area contributed by atoms with Gasteiger partial charge in [-0.1, -0.05) is 11.6 Å². The number of nitrogens with one attached hydrogen (secondary N) is 1. The van der Waals surface area contributed by atoms with Gasteiger partial charge in [-0.3, -0.25) is 14.9 Å². The largest absolute Gasteiger partial charge is 0.496 e. The highest BCUT2D eigenvalue weighted by Crippen LogP contribution is 2.30. The van der Waals surface area contributed by atoms with Crippen LogP contribution in [0.25, 0.3) is 0 Å². The normalized spacial score (nSPS) is 18.4. The van der Waals surface area contributed by atoms with E-state index in [9.17, 15) is 14.4 Å². The molecular formula is C19H24Cl2N2O5. The number of nitrogens with zero attached hydrogens (tertiary/aromatic N) is 1. The van der Waals surface area contributed by atoms with Crippen LogP contribution in [0.4, 0.5) is 4.79 Å². The number of hydrogen-bond donors (Lipinski definition) is 1. The SMILES string of the molecule is COc1ccc(Cl)cc1C(=O)CCCCN1CCC2(CC1)OC(=O)NC2=O.Cl. The molecule has 3 rings (SSSR count). The summed E-state index contributed by atoms with van der Waals surface area (Å²) >= 11 is 5.98. The van der Waals surface area contributed by atoms with Crippen LogP contribution < -0.4 is 10.1 Å². The van der Waals surface area contributed by atoms with Crippen LogP contribution in [0.3, 0.4) is 0 Å². The van der Waals surface area contributed by atoms with E-state index in [0.717, 1.165) is 19.4 Å². The summed E-state index contributed by atoms with van der Waals surface area (Å²) in [6.45, 7) is 2.22. The zero-order valence-corrected chi connectivity index (χ0v) is 17.2. The maximum Gasteiger partial charge on any atom is 0.415 e. The van der Waals surface area contributed by atoms with Gasteiger partial charge in [0.1, 0.15) is 5.75 Å². The number of rotatable bonds is 7. The van der Waals surface area contributed by atoms with E-state index < -0.39 is 11.7 Å². The van der Waals surface area contributed by atoms with Crippen LogP contribution in [-0.4, -0.2) is 55.0 Å². The third-order valence-corrected chi connectivity index (χ3v) is 5.41. The van der Waals surface area contributed by atoms with Crippen molar-refractivity contribution in [3.05, 3.63) is 28.8 Å². The van der Waals surface area contributed by atoms with Gasteiger partial charge in [0.05, 0.1) is 12.7 Å². The Bertz CT molecular complexity index is 748. The molecule has 0 unspecified atom stereocenters. The average Bonchev–Trinajstić information content (AvgIpc) is 2.93. The maximum atomic E-state index is 12.4. The molecule has 1 aromatic rings. The lowest BCUT2D eigenvalue weighted by atomic mass is 9.90. The number of carbonyl (C=O) groups is 3. The Labute approximate surface area is 175 Å². The van der Waals surface area contributed by atoms with Crippen molar-refractivity contribution in [1.82, 2.24) is 10.2 Å². The van der Waals surface area contributed by atoms with E-state index in [1.807, 2.05) is 0 Å². The van der Waals surface area contributed by atoms with Crippen LogP contribution in [0.15, 0.2) is 18.2 Å². The fourth-order valence-electron chi connectivity index (χ4n) is 3.58. The second-order valence-corrected chi connectivity index (χ2v) is 7.34. The van der Waals surface area contributed by atoms with Crippen molar-refractivity contribution in [3.63, 3.8) is 0 Å². The van der Waals surface area contributed by atoms with Gasteiger partial charge in [-0.2, -0.15) is 0 Å². The van der Waals surface area contributed by atoms with E-state index in [1.165, 1.54) is 7.11 Å². The number of piperidine rings is 1.